The lowest BCUT2D eigenvalue weighted by molar-refractivity contribution is 0.0335. The van der Waals surface area contributed by atoms with Crippen LogP contribution in [0.4, 0.5) is 5.82 Å². The Labute approximate surface area is 218 Å². The predicted molar refractivity (Wildman–Crippen MR) is 141 cm³/mol. The van der Waals surface area contributed by atoms with Gasteiger partial charge in [0.2, 0.25) is 5.88 Å². The number of aliphatic hydroxyl groups excluding tert-OH is 1. The van der Waals surface area contributed by atoms with Gasteiger partial charge in [-0.05, 0) is 64.9 Å². The van der Waals surface area contributed by atoms with Gasteiger partial charge in [0.15, 0.2) is 0 Å². The molecule has 3 heterocycles. The topological polar surface area (TPSA) is 127 Å². The molecule has 1 aliphatic carbocycles. The summed E-state index contributed by atoms with van der Waals surface area (Å²) in [7, 11) is 0. The van der Waals surface area contributed by atoms with Crippen LogP contribution in [0.3, 0.4) is 0 Å². The number of rotatable bonds is 10. The summed E-state index contributed by atoms with van der Waals surface area (Å²) in [6.45, 7) is 5.63. The van der Waals surface area contributed by atoms with Gasteiger partial charge in [-0.3, -0.25) is 4.98 Å². The molecular weight excluding hydrogens is 480 g/mol. The van der Waals surface area contributed by atoms with Crippen LogP contribution in [0.25, 0.3) is 11.3 Å². The highest BCUT2D eigenvalue weighted by atomic mass is 35.5. The molecule has 2 aromatic heterocycles. The highest BCUT2D eigenvalue weighted by Gasteiger charge is 2.29. The number of nitrogens with two attached hydrogens (primary N) is 1. The Morgan fingerprint density at radius 1 is 1.17 bits per heavy atom. The van der Waals surface area contributed by atoms with E-state index in [0.29, 0.717) is 54.5 Å². The molecule has 0 bridgehead atoms. The lowest BCUT2D eigenvalue weighted by atomic mass is 9.90. The van der Waals surface area contributed by atoms with Gasteiger partial charge in [-0.2, -0.15) is 0 Å². The molecule has 1 aliphatic heterocycles. The van der Waals surface area contributed by atoms with Gasteiger partial charge in [0.05, 0.1) is 34.8 Å². The van der Waals surface area contributed by atoms with Gasteiger partial charge in [-0.1, -0.05) is 11.6 Å². The summed E-state index contributed by atoms with van der Waals surface area (Å²) >= 11 is 6.49. The minimum absolute atomic E-state index is 0.281. The Hall–Kier alpha value is -2.04. The fourth-order valence-corrected chi connectivity index (χ4v) is 5.20. The van der Waals surface area contributed by atoms with Gasteiger partial charge in [-0.15, -0.1) is 0 Å². The van der Waals surface area contributed by atoms with E-state index in [-0.39, 0.29) is 6.10 Å². The number of halogens is 1. The van der Waals surface area contributed by atoms with E-state index in [1.165, 1.54) is 0 Å². The smallest absolute Gasteiger partial charge is 0.232 e. The van der Waals surface area contributed by atoms with Gasteiger partial charge in [0.25, 0.3) is 0 Å². The molecule has 0 radical (unpaired) electrons. The second kappa shape index (κ2) is 12.5. The van der Waals surface area contributed by atoms with Crippen LogP contribution < -0.4 is 21.1 Å². The number of pyridine rings is 1. The number of nitrogens with zero attached hydrogens (tertiary/aromatic N) is 3. The van der Waals surface area contributed by atoms with E-state index < -0.39 is 5.54 Å². The SMILES string of the molecule is CC(O)C[C@@H](C)NC1CCC(Nc2cc(-c3cncc(OCC4(N)CCOCC4)n3)c(Cl)cn2)CC1. The zero-order valence-electron chi connectivity index (χ0n) is 21.3. The molecule has 5 N–H and O–H groups in total. The monoisotopic (exact) mass is 518 g/mol. The largest absolute Gasteiger partial charge is 0.475 e. The third-order valence-electron chi connectivity index (χ3n) is 7.03. The highest BCUT2D eigenvalue weighted by molar-refractivity contribution is 6.33. The lowest BCUT2D eigenvalue weighted by Crippen LogP contribution is -2.49. The molecule has 36 heavy (non-hydrogen) atoms. The molecule has 1 saturated carbocycles. The highest BCUT2D eigenvalue weighted by Crippen LogP contribution is 2.30. The summed E-state index contributed by atoms with van der Waals surface area (Å²) in [6.07, 6.45) is 11.2. The van der Waals surface area contributed by atoms with Crippen molar-refractivity contribution in [2.75, 3.05) is 25.1 Å². The average Bonchev–Trinajstić information content (AvgIpc) is 2.85. The van der Waals surface area contributed by atoms with Gasteiger partial charge >= 0.3 is 0 Å². The van der Waals surface area contributed by atoms with Crippen LogP contribution in [0.2, 0.25) is 5.02 Å². The van der Waals surface area contributed by atoms with Crippen molar-refractivity contribution in [3.8, 4) is 17.1 Å². The number of ether oxygens (including phenoxy) is 2. The Morgan fingerprint density at radius 2 is 1.89 bits per heavy atom. The molecule has 2 fully saturated rings. The van der Waals surface area contributed by atoms with Crippen LogP contribution >= 0.6 is 11.6 Å². The van der Waals surface area contributed by atoms with Crippen molar-refractivity contribution in [1.29, 1.82) is 0 Å². The van der Waals surface area contributed by atoms with Crippen molar-refractivity contribution >= 4 is 17.4 Å². The molecule has 0 spiro atoms. The first-order chi connectivity index (χ1) is 17.3. The first kappa shape index (κ1) is 27.0. The van der Waals surface area contributed by atoms with Crippen LogP contribution in [0.15, 0.2) is 24.7 Å². The standard InChI is InChI=1S/C26H39ClN6O3/c1-17(11-18(2)34)31-19-3-5-20(6-4-19)32-24-12-21(22(27)13-30-24)23-14-29-15-25(33-23)36-16-26(28)7-9-35-10-8-26/h12-15,17-20,31,34H,3-11,16,28H2,1-2H3,(H,30,32)/t17-,18?,19?,20?/m1/s1. The van der Waals surface area contributed by atoms with E-state index in [1.807, 2.05) is 13.0 Å². The van der Waals surface area contributed by atoms with Gasteiger partial charge < -0.3 is 30.9 Å². The molecule has 0 aromatic carbocycles. The molecular formula is C26H39ClN6O3. The summed E-state index contributed by atoms with van der Waals surface area (Å²) in [5.74, 6) is 1.19. The van der Waals surface area contributed by atoms with Gasteiger partial charge in [-0.25, -0.2) is 9.97 Å². The predicted octanol–water partition coefficient (Wildman–Crippen LogP) is 3.55. The minimum Gasteiger partial charge on any atom is -0.475 e. The number of aliphatic hydroxyl groups is 1. The molecule has 2 aliphatic rings. The Bertz CT molecular complexity index is 980. The Morgan fingerprint density at radius 3 is 2.61 bits per heavy atom. The molecule has 2 atom stereocenters. The van der Waals surface area contributed by atoms with Crippen molar-refractivity contribution in [2.45, 2.75) is 88.6 Å². The number of nitrogens with one attached hydrogen (secondary N) is 2. The Balaban J connectivity index is 1.34. The quantitative estimate of drug-likeness (QED) is 0.373. The third kappa shape index (κ3) is 7.73. The van der Waals surface area contributed by atoms with Crippen LogP contribution in [0.5, 0.6) is 5.88 Å². The average molecular weight is 519 g/mol. The fraction of sp³-hybridized carbons (Fsp3) is 0.654. The second-order valence-corrected chi connectivity index (χ2v) is 10.8. The first-order valence-corrected chi connectivity index (χ1v) is 13.4. The maximum atomic E-state index is 9.60. The molecule has 9 nitrogen and oxygen atoms in total. The van der Waals surface area contributed by atoms with Crippen LogP contribution in [-0.2, 0) is 4.74 Å². The van der Waals surface area contributed by atoms with E-state index in [9.17, 15) is 5.11 Å². The number of hydrogen-bond acceptors (Lipinski definition) is 9. The molecule has 10 heteroatoms. The van der Waals surface area contributed by atoms with Crippen molar-refractivity contribution in [3.63, 3.8) is 0 Å². The Kier molecular flexibility index (Phi) is 9.35. The zero-order valence-corrected chi connectivity index (χ0v) is 22.0. The summed E-state index contributed by atoms with van der Waals surface area (Å²) in [4.78, 5) is 13.4. The van der Waals surface area contributed by atoms with Crippen LogP contribution in [0.1, 0.15) is 58.8 Å². The maximum Gasteiger partial charge on any atom is 0.232 e. The summed E-state index contributed by atoms with van der Waals surface area (Å²) in [5.41, 5.74) is 7.40. The summed E-state index contributed by atoms with van der Waals surface area (Å²) in [5, 5.41) is 17.3. The van der Waals surface area contributed by atoms with E-state index >= 15 is 0 Å². The maximum absolute atomic E-state index is 9.60. The minimum atomic E-state index is -0.412. The first-order valence-electron chi connectivity index (χ1n) is 13.0. The van der Waals surface area contributed by atoms with Gasteiger partial charge in [0.1, 0.15) is 12.4 Å². The molecule has 0 amide bonds. The number of anilines is 1. The van der Waals surface area contributed by atoms with E-state index in [4.69, 9.17) is 26.8 Å². The lowest BCUT2D eigenvalue weighted by Gasteiger charge is -2.32. The molecule has 2 aromatic rings. The second-order valence-electron chi connectivity index (χ2n) is 10.4. The van der Waals surface area contributed by atoms with Crippen molar-refractivity contribution in [2.24, 2.45) is 5.73 Å². The number of hydrogen-bond donors (Lipinski definition) is 4. The van der Waals surface area contributed by atoms with E-state index in [0.717, 1.165) is 56.3 Å². The fourth-order valence-electron chi connectivity index (χ4n) is 5.00. The summed E-state index contributed by atoms with van der Waals surface area (Å²) < 4.78 is 11.3. The van der Waals surface area contributed by atoms with Gasteiger partial charge in [0, 0.05) is 43.1 Å². The van der Waals surface area contributed by atoms with Crippen molar-refractivity contribution in [3.05, 3.63) is 29.7 Å². The molecule has 1 saturated heterocycles. The summed E-state index contributed by atoms with van der Waals surface area (Å²) in [6, 6.07) is 3.07. The van der Waals surface area contributed by atoms with E-state index in [1.54, 1.807) is 18.6 Å². The van der Waals surface area contributed by atoms with Crippen LogP contribution in [-0.4, -0.2) is 69.6 Å². The van der Waals surface area contributed by atoms with Crippen molar-refractivity contribution < 1.29 is 14.6 Å². The van der Waals surface area contributed by atoms with E-state index in [2.05, 4.69) is 32.5 Å². The molecule has 4 rings (SSSR count). The van der Waals surface area contributed by atoms with Crippen LogP contribution in [0, 0.1) is 0 Å². The molecule has 198 valence electrons. The zero-order chi connectivity index (χ0) is 25.5. The molecule has 1 unspecified atom stereocenters. The third-order valence-corrected chi connectivity index (χ3v) is 7.34. The normalized spacial score (nSPS) is 23.6. The number of aromatic nitrogens is 3. The van der Waals surface area contributed by atoms with Crippen molar-refractivity contribution in [1.82, 2.24) is 20.3 Å².